The third kappa shape index (κ3) is 3.96. The van der Waals surface area contributed by atoms with Gasteiger partial charge in [0.25, 0.3) is 0 Å². The van der Waals surface area contributed by atoms with Crippen molar-refractivity contribution in [3.63, 3.8) is 0 Å². The molecule has 1 saturated carbocycles. The van der Waals surface area contributed by atoms with Crippen LogP contribution in [-0.4, -0.2) is 36.5 Å². The van der Waals surface area contributed by atoms with Crippen molar-refractivity contribution in [1.82, 2.24) is 15.5 Å². The molecule has 1 aromatic rings. The summed E-state index contributed by atoms with van der Waals surface area (Å²) in [6.07, 6.45) is 3.73. The van der Waals surface area contributed by atoms with Gasteiger partial charge in [-0.3, -0.25) is 0 Å². The van der Waals surface area contributed by atoms with Crippen LogP contribution >= 0.6 is 0 Å². The monoisotopic (exact) mass is 254 g/mol. The highest BCUT2D eigenvalue weighted by Gasteiger charge is 2.36. The summed E-state index contributed by atoms with van der Waals surface area (Å²) >= 11 is 0. The minimum atomic E-state index is 0.528. The van der Waals surface area contributed by atoms with Crippen LogP contribution in [0.3, 0.4) is 0 Å². The second kappa shape index (κ2) is 6.70. The van der Waals surface area contributed by atoms with E-state index in [0.29, 0.717) is 31.1 Å². The summed E-state index contributed by atoms with van der Waals surface area (Å²) < 4.78 is 10.4. The first-order chi connectivity index (χ1) is 8.83. The molecule has 0 saturated heterocycles. The van der Waals surface area contributed by atoms with Crippen LogP contribution in [0.5, 0.6) is 0 Å². The Kier molecular flexibility index (Phi) is 4.95. The topological polar surface area (TPSA) is 72.2 Å². The molecule has 6 heteroatoms. The van der Waals surface area contributed by atoms with Gasteiger partial charge >= 0.3 is 6.01 Å². The van der Waals surface area contributed by atoms with E-state index in [2.05, 4.69) is 27.8 Å². The van der Waals surface area contributed by atoms with Gasteiger partial charge in [0.05, 0.1) is 13.2 Å². The second-order valence-electron chi connectivity index (χ2n) is 4.71. The number of ether oxygens (including phenoxy) is 1. The molecular formula is C12H22N4O2. The zero-order chi connectivity index (χ0) is 12.8. The van der Waals surface area contributed by atoms with E-state index >= 15 is 0 Å². The third-order valence-electron chi connectivity index (χ3n) is 3.12. The molecule has 2 atom stereocenters. The predicted octanol–water partition coefficient (Wildman–Crippen LogP) is 1.41. The molecule has 0 amide bonds. The highest BCUT2D eigenvalue weighted by Crippen LogP contribution is 2.36. The molecule has 1 heterocycles. The summed E-state index contributed by atoms with van der Waals surface area (Å²) in [5.74, 6) is 1.39. The lowest BCUT2D eigenvalue weighted by molar-refractivity contribution is 0.198. The van der Waals surface area contributed by atoms with Crippen LogP contribution in [0.1, 0.15) is 32.1 Å². The van der Waals surface area contributed by atoms with Gasteiger partial charge in [-0.05, 0) is 18.8 Å². The van der Waals surface area contributed by atoms with Crippen molar-refractivity contribution < 1.29 is 9.15 Å². The van der Waals surface area contributed by atoms with Gasteiger partial charge in [-0.2, -0.15) is 0 Å². The molecule has 18 heavy (non-hydrogen) atoms. The molecule has 0 aliphatic heterocycles. The van der Waals surface area contributed by atoms with E-state index in [1.54, 1.807) is 7.11 Å². The van der Waals surface area contributed by atoms with Gasteiger partial charge in [0.1, 0.15) is 0 Å². The lowest BCUT2D eigenvalue weighted by atomic mass is 10.2. The van der Waals surface area contributed by atoms with Gasteiger partial charge in [-0.1, -0.05) is 18.4 Å². The molecule has 0 aromatic carbocycles. The Morgan fingerprint density at radius 2 is 2.33 bits per heavy atom. The fourth-order valence-electron chi connectivity index (χ4n) is 2.03. The highest BCUT2D eigenvalue weighted by molar-refractivity contribution is 5.24. The molecule has 102 valence electrons. The van der Waals surface area contributed by atoms with E-state index in [0.717, 1.165) is 12.5 Å². The predicted molar refractivity (Wildman–Crippen MR) is 68.3 cm³/mol. The number of aromatic nitrogens is 2. The SMILES string of the molecule is CCCC1CC1Nc1nnc(CNCCOC)o1. The van der Waals surface area contributed by atoms with E-state index in [1.165, 1.54) is 19.3 Å². The third-order valence-corrected chi connectivity index (χ3v) is 3.12. The van der Waals surface area contributed by atoms with Crippen LogP contribution in [0.2, 0.25) is 0 Å². The molecule has 2 N–H and O–H groups in total. The Hall–Kier alpha value is -1.14. The highest BCUT2D eigenvalue weighted by atomic mass is 16.5. The van der Waals surface area contributed by atoms with Crippen molar-refractivity contribution in [1.29, 1.82) is 0 Å². The average molecular weight is 254 g/mol. The lowest BCUT2D eigenvalue weighted by Gasteiger charge is -2.00. The molecule has 6 nitrogen and oxygen atoms in total. The molecular weight excluding hydrogens is 232 g/mol. The van der Waals surface area contributed by atoms with Gasteiger partial charge in [0.15, 0.2) is 0 Å². The van der Waals surface area contributed by atoms with Gasteiger partial charge in [-0.25, -0.2) is 0 Å². The van der Waals surface area contributed by atoms with E-state index in [1.807, 2.05) is 0 Å². The summed E-state index contributed by atoms with van der Waals surface area (Å²) in [5, 5.41) is 14.4. The zero-order valence-electron chi connectivity index (χ0n) is 11.1. The molecule has 0 radical (unpaired) electrons. The Morgan fingerprint density at radius 3 is 3.11 bits per heavy atom. The quantitative estimate of drug-likeness (QED) is 0.649. The first-order valence-electron chi connectivity index (χ1n) is 6.62. The first-order valence-corrected chi connectivity index (χ1v) is 6.62. The fourth-order valence-corrected chi connectivity index (χ4v) is 2.03. The Balaban J connectivity index is 1.67. The van der Waals surface area contributed by atoms with Gasteiger partial charge in [0, 0.05) is 19.7 Å². The van der Waals surface area contributed by atoms with Crippen molar-refractivity contribution in [3.05, 3.63) is 5.89 Å². The molecule has 2 rings (SSSR count). The van der Waals surface area contributed by atoms with E-state index in [9.17, 15) is 0 Å². The Morgan fingerprint density at radius 1 is 1.44 bits per heavy atom. The maximum Gasteiger partial charge on any atom is 0.315 e. The number of hydrogen-bond donors (Lipinski definition) is 2. The van der Waals surface area contributed by atoms with Crippen molar-refractivity contribution in [2.24, 2.45) is 5.92 Å². The maximum atomic E-state index is 5.50. The minimum Gasteiger partial charge on any atom is -0.407 e. The van der Waals surface area contributed by atoms with E-state index < -0.39 is 0 Å². The number of anilines is 1. The van der Waals surface area contributed by atoms with E-state index in [-0.39, 0.29) is 0 Å². The summed E-state index contributed by atoms with van der Waals surface area (Å²) in [6, 6.07) is 1.07. The Bertz CT molecular complexity index is 356. The second-order valence-corrected chi connectivity index (χ2v) is 4.71. The van der Waals surface area contributed by atoms with Crippen LogP contribution in [0.4, 0.5) is 6.01 Å². The summed E-state index contributed by atoms with van der Waals surface area (Å²) in [5.41, 5.74) is 0. The van der Waals surface area contributed by atoms with Crippen molar-refractivity contribution in [2.45, 2.75) is 38.8 Å². The maximum absolute atomic E-state index is 5.50. The average Bonchev–Trinajstić information content (AvgIpc) is 2.92. The number of nitrogens with one attached hydrogen (secondary N) is 2. The molecule has 1 aromatic heterocycles. The Labute approximate surface area is 107 Å². The first kappa shape index (κ1) is 13.3. The van der Waals surface area contributed by atoms with Gasteiger partial charge < -0.3 is 19.8 Å². The number of nitrogens with zero attached hydrogens (tertiary/aromatic N) is 2. The summed E-state index contributed by atoms with van der Waals surface area (Å²) in [7, 11) is 1.68. The molecule has 1 aliphatic carbocycles. The van der Waals surface area contributed by atoms with Crippen LogP contribution < -0.4 is 10.6 Å². The van der Waals surface area contributed by atoms with E-state index in [4.69, 9.17) is 9.15 Å². The van der Waals surface area contributed by atoms with Crippen molar-refractivity contribution >= 4 is 6.01 Å². The number of methoxy groups -OCH3 is 1. The molecule has 1 fully saturated rings. The largest absolute Gasteiger partial charge is 0.407 e. The van der Waals surface area contributed by atoms with Gasteiger partial charge in [-0.15, -0.1) is 5.10 Å². The minimum absolute atomic E-state index is 0.528. The molecule has 0 bridgehead atoms. The normalized spacial score (nSPS) is 22.1. The lowest BCUT2D eigenvalue weighted by Crippen LogP contribution is -2.18. The molecule has 0 spiro atoms. The standard InChI is InChI=1S/C12H22N4O2/c1-3-4-9-7-10(9)14-12-16-15-11(18-12)8-13-5-6-17-2/h9-10,13H,3-8H2,1-2H3,(H,14,16). The molecule has 1 aliphatic rings. The summed E-state index contributed by atoms with van der Waals surface area (Å²) in [6.45, 7) is 4.26. The van der Waals surface area contributed by atoms with Crippen LogP contribution in [0, 0.1) is 5.92 Å². The van der Waals surface area contributed by atoms with Crippen molar-refractivity contribution in [3.8, 4) is 0 Å². The van der Waals surface area contributed by atoms with Crippen molar-refractivity contribution in [2.75, 3.05) is 25.6 Å². The van der Waals surface area contributed by atoms with Gasteiger partial charge in [0.2, 0.25) is 5.89 Å². The molecule has 2 unspecified atom stereocenters. The zero-order valence-corrected chi connectivity index (χ0v) is 11.1. The smallest absolute Gasteiger partial charge is 0.315 e. The fraction of sp³-hybridized carbons (Fsp3) is 0.833. The van der Waals surface area contributed by atoms with Crippen LogP contribution in [-0.2, 0) is 11.3 Å². The van der Waals surface area contributed by atoms with Crippen LogP contribution in [0.25, 0.3) is 0 Å². The summed E-state index contributed by atoms with van der Waals surface area (Å²) in [4.78, 5) is 0. The number of hydrogen-bond acceptors (Lipinski definition) is 6. The number of rotatable bonds is 9. The van der Waals surface area contributed by atoms with Crippen LogP contribution in [0.15, 0.2) is 4.42 Å².